The molecule has 106 valence electrons. The molecule has 2 N–H and O–H groups in total. The number of ether oxygens (including phenoxy) is 1. The lowest BCUT2D eigenvalue weighted by Gasteiger charge is -2.21. The Morgan fingerprint density at radius 2 is 2.15 bits per heavy atom. The Balaban J connectivity index is 1.78. The molecule has 6 heteroatoms. The summed E-state index contributed by atoms with van der Waals surface area (Å²) in [6, 6.07) is 6.09. The van der Waals surface area contributed by atoms with Gasteiger partial charge in [0, 0.05) is 12.5 Å². The average Bonchev–Trinajstić information content (AvgIpc) is 3.02. The number of hydrogen-bond acceptors (Lipinski definition) is 5. The van der Waals surface area contributed by atoms with Gasteiger partial charge < -0.3 is 15.0 Å². The molecular weight excluding hydrogens is 261 g/mol. The van der Waals surface area contributed by atoms with Gasteiger partial charge >= 0.3 is 0 Å². The molecule has 0 bridgehead atoms. The molecule has 0 aliphatic carbocycles. The summed E-state index contributed by atoms with van der Waals surface area (Å²) in [4.78, 5) is 4.40. The lowest BCUT2D eigenvalue weighted by atomic mass is 9.86. The van der Waals surface area contributed by atoms with Crippen LogP contribution in [0.3, 0.4) is 0 Å². The maximum atomic E-state index is 12.8. The van der Waals surface area contributed by atoms with E-state index in [4.69, 9.17) is 15.0 Å². The number of benzene rings is 1. The first-order valence-corrected chi connectivity index (χ1v) is 6.49. The van der Waals surface area contributed by atoms with Crippen LogP contribution < -0.4 is 5.73 Å². The van der Waals surface area contributed by atoms with Crippen molar-refractivity contribution in [3.63, 3.8) is 0 Å². The van der Waals surface area contributed by atoms with Crippen LogP contribution in [0.15, 0.2) is 28.8 Å². The van der Waals surface area contributed by atoms with Crippen molar-refractivity contribution in [1.82, 2.24) is 10.1 Å². The lowest BCUT2D eigenvalue weighted by molar-refractivity contribution is 0.169. The predicted octanol–water partition coefficient (Wildman–Crippen LogP) is 1.41. The summed E-state index contributed by atoms with van der Waals surface area (Å²) >= 11 is 0. The first kappa shape index (κ1) is 13.2. The minimum Gasteiger partial charge on any atom is -0.379 e. The van der Waals surface area contributed by atoms with Crippen LogP contribution >= 0.6 is 0 Å². The number of nitrogens with zero attached hydrogens (tertiary/aromatic N) is 2. The third kappa shape index (κ3) is 2.32. The summed E-state index contributed by atoms with van der Waals surface area (Å²) in [5.74, 6) is 0.802. The highest BCUT2D eigenvalue weighted by Crippen LogP contribution is 2.30. The first-order chi connectivity index (χ1) is 9.58. The number of rotatable bonds is 3. The monoisotopic (exact) mass is 277 g/mol. The van der Waals surface area contributed by atoms with Gasteiger partial charge in [0.05, 0.1) is 18.6 Å². The molecule has 1 aromatic heterocycles. The van der Waals surface area contributed by atoms with Crippen molar-refractivity contribution in [1.29, 1.82) is 0 Å². The summed E-state index contributed by atoms with van der Waals surface area (Å²) < 4.78 is 23.5. The number of hydrogen-bond donors (Lipinski definition) is 1. The Morgan fingerprint density at radius 3 is 2.80 bits per heavy atom. The molecule has 2 unspecified atom stereocenters. The Morgan fingerprint density at radius 1 is 1.40 bits per heavy atom. The first-order valence-electron chi connectivity index (χ1n) is 6.49. The highest BCUT2D eigenvalue weighted by atomic mass is 19.1. The van der Waals surface area contributed by atoms with E-state index in [1.807, 2.05) is 6.92 Å². The van der Waals surface area contributed by atoms with E-state index in [9.17, 15) is 4.39 Å². The van der Waals surface area contributed by atoms with Crippen LogP contribution in [-0.4, -0.2) is 29.4 Å². The molecule has 2 aromatic rings. The van der Waals surface area contributed by atoms with E-state index >= 15 is 0 Å². The van der Waals surface area contributed by atoms with Crippen molar-refractivity contribution in [2.24, 2.45) is 5.73 Å². The van der Waals surface area contributed by atoms with E-state index in [1.165, 1.54) is 12.1 Å². The van der Waals surface area contributed by atoms with E-state index < -0.39 is 5.41 Å². The molecule has 1 aliphatic heterocycles. The molecule has 0 amide bonds. The predicted molar refractivity (Wildman–Crippen MR) is 69.7 cm³/mol. The summed E-state index contributed by atoms with van der Waals surface area (Å²) in [6.07, 6.45) is 0.496. The molecule has 0 saturated carbocycles. The van der Waals surface area contributed by atoms with Crippen molar-refractivity contribution in [3.05, 3.63) is 47.4 Å². The highest BCUT2D eigenvalue weighted by Gasteiger charge is 2.44. The van der Waals surface area contributed by atoms with Crippen LogP contribution in [0.25, 0.3) is 0 Å². The van der Waals surface area contributed by atoms with Crippen LogP contribution in [0.1, 0.15) is 24.2 Å². The van der Waals surface area contributed by atoms with Gasteiger partial charge in [-0.3, -0.25) is 0 Å². The second-order valence-electron chi connectivity index (χ2n) is 5.36. The Kier molecular flexibility index (Phi) is 3.27. The van der Waals surface area contributed by atoms with Gasteiger partial charge in [0.2, 0.25) is 5.89 Å². The van der Waals surface area contributed by atoms with Crippen molar-refractivity contribution in [2.75, 3.05) is 13.2 Å². The quantitative estimate of drug-likeness (QED) is 0.918. The maximum Gasteiger partial charge on any atom is 0.236 e. The Bertz CT molecular complexity index is 599. The van der Waals surface area contributed by atoms with Gasteiger partial charge in [-0.15, -0.1) is 0 Å². The maximum absolute atomic E-state index is 12.8. The van der Waals surface area contributed by atoms with Gasteiger partial charge in [-0.25, -0.2) is 4.39 Å². The Hall–Kier alpha value is -1.79. The molecule has 5 nitrogen and oxygen atoms in total. The lowest BCUT2D eigenvalue weighted by Crippen LogP contribution is -2.42. The smallest absolute Gasteiger partial charge is 0.236 e. The minimum atomic E-state index is -0.436. The third-order valence-corrected chi connectivity index (χ3v) is 3.75. The largest absolute Gasteiger partial charge is 0.379 e. The second kappa shape index (κ2) is 4.96. The number of halogens is 1. The van der Waals surface area contributed by atoms with E-state index in [0.717, 1.165) is 5.56 Å². The molecule has 2 heterocycles. The molecule has 0 radical (unpaired) electrons. The zero-order valence-electron chi connectivity index (χ0n) is 11.2. The fourth-order valence-electron chi connectivity index (χ4n) is 2.25. The van der Waals surface area contributed by atoms with Crippen molar-refractivity contribution in [3.8, 4) is 0 Å². The standard InChI is InChI=1S/C14H16FN3O2/c1-14(8-19-7-11(14)16)13-17-12(18-20-13)6-9-2-4-10(15)5-3-9/h2-5,11H,6-8,16H2,1H3. The fourth-order valence-corrected chi connectivity index (χ4v) is 2.25. The van der Waals surface area contributed by atoms with Crippen molar-refractivity contribution >= 4 is 0 Å². The van der Waals surface area contributed by atoms with E-state index in [1.54, 1.807) is 12.1 Å². The van der Waals surface area contributed by atoms with Gasteiger partial charge in [0.1, 0.15) is 5.82 Å². The highest BCUT2D eigenvalue weighted by molar-refractivity contribution is 5.20. The molecule has 1 aliphatic rings. The molecule has 0 spiro atoms. The van der Waals surface area contributed by atoms with E-state index in [-0.39, 0.29) is 11.9 Å². The van der Waals surface area contributed by atoms with Crippen LogP contribution in [0.4, 0.5) is 4.39 Å². The van der Waals surface area contributed by atoms with Gasteiger partial charge in [-0.2, -0.15) is 4.98 Å². The van der Waals surface area contributed by atoms with Gasteiger partial charge in [-0.1, -0.05) is 17.3 Å². The summed E-state index contributed by atoms with van der Waals surface area (Å²) in [6.45, 7) is 2.93. The molecular formula is C14H16FN3O2. The summed E-state index contributed by atoms with van der Waals surface area (Å²) in [5.41, 5.74) is 6.52. The summed E-state index contributed by atoms with van der Waals surface area (Å²) in [7, 11) is 0. The zero-order valence-corrected chi connectivity index (χ0v) is 11.2. The van der Waals surface area contributed by atoms with E-state index in [2.05, 4.69) is 10.1 Å². The SMILES string of the molecule is CC1(c2nc(Cc3ccc(F)cc3)no2)COCC1N. The fraction of sp³-hybridized carbons (Fsp3) is 0.429. The van der Waals surface area contributed by atoms with Gasteiger partial charge in [0.25, 0.3) is 0 Å². The van der Waals surface area contributed by atoms with Gasteiger partial charge in [-0.05, 0) is 24.6 Å². The summed E-state index contributed by atoms with van der Waals surface area (Å²) in [5, 5.41) is 3.97. The van der Waals surface area contributed by atoms with Crippen LogP contribution in [0.5, 0.6) is 0 Å². The third-order valence-electron chi connectivity index (χ3n) is 3.75. The van der Waals surface area contributed by atoms with Gasteiger partial charge in [0.15, 0.2) is 5.82 Å². The molecule has 1 fully saturated rings. The van der Waals surface area contributed by atoms with E-state index in [0.29, 0.717) is 31.3 Å². The molecule has 1 saturated heterocycles. The van der Waals surface area contributed by atoms with Crippen molar-refractivity contribution in [2.45, 2.75) is 24.8 Å². The normalized spacial score (nSPS) is 26.1. The molecule has 20 heavy (non-hydrogen) atoms. The van der Waals surface area contributed by atoms with Crippen LogP contribution in [0.2, 0.25) is 0 Å². The molecule has 3 rings (SSSR count). The average molecular weight is 277 g/mol. The second-order valence-corrected chi connectivity index (χ2v) is 5.36. The minimum absolute atomic E-state index is 0.151. The number of aromatic nitrogens is 2. The Labute approximate surface area is 115 Å². The molecule has 1 aromatic carbocycles. The van der Waals surface area contributed by atoms with Crippen LogP contribution in [0, 0.1) is 5.82 Å². The van der Waals surface area contributed by atoms with Crippen LogP contribution in [-0.2, 0) is 16.6 Å². The zero-order chi connectivity index (χ0) is 14.2. The van der Waals surface area contributed by atoms with Crippen molar-refractivity contribution < 1.29 is 13.7 Å². The topological polar surface area (TPSA) is 74.2 Å². The number of nitrogens with two attached hydrogens (primary N) is 1. The molecule has 2 atom stereocenters.